The summed E-state index contributed by atoms with van der Waals surface area (Å²) in [6.07, 6.45) is 2.19. The summed E-state index contributed by atoms with van der Waals surface area (Å²) < 4.78 is 2.10. The molecule has 4 N–H and O–H groups in total. The minimum Gasteiger partial charge on any atom is -0.399 e. The van der Waals surface area contributed by atoms with E-state index in [1.54, 1.807) is 0 Å². The van der Waals surface area contributed by atoms with Gasteiger partial charge in [-0.1, -0.05) is 6.92 Å². The molecule has 0 fully saturated rings. The van der Waals surface area contributed by atoms with E-state index in [0.717, 1.165) is 29.7 Å². The Morgan fingerprint density at radius 2 is 2.21 bits per heavy atom. The monoisotopic (exact) mass is 260 g/mol. The average Bonchev–Trinajstić information content (AvgIpc) is 2.65. The first-order valence-electron chi connectivity index (χ1n) is 6.57. The molecule has 0 spiro atoms. The van der Waals surface area contributed by atoms with Gasteiger partial charge in [-0.25, -0.2) is 4.98 Å². The van der Waals surface area contributed by atoms with Gasteiger partial charge in [0.25, 0.3) is 0 Å². The Balaban J connectivity index is 2.54. The normalized spacial score (nSPS) is 12.7. The van der Waals surface area contributed by atoms with Crippen LogP contribution in [0.4, 0.5) is 5.69 Å². The number of amides is 1. The molecular weight excluding hydrogens is 240 g/mol. The van der Waals surface area contributed by atoms with Gasteiger partial charge in [-0.3, -0.25) is 4.79 Å². The molecule has 0 aliphatic rings. The molecule has 0 bridgehead atoms. The summed E-state index contributed by atoms with van der Waals surface area (Å²) in [5.41, 5.74) is 13.7. The minimum atomic E-state index is -0.299. The molecule has 1 aromatic heterocycles. The number of carbonyl (C=O) groups is 1. The van der Waals surface area contributed by atoms with Crippen molar-refractivity contribution in [3.63, 3.8) is 0 Å². The quantitative estimate of drug-likeness (QED) is 0.806. The number of anilines is 1. The van der Waals surface area contributed by atoms with E-state index in [9.17, 15) is 4.79 Å². The summed E-state index contributed by atoms with van der Waals surface area (Å²) in [6.45, 7) is 4.10. The smallest absolute Gasteiger partial charge is 0.219 e. The van der Waals surface area contributed by atoms with Gasteiger partial charge in [0.2, 0.25) is 5.91 Å². The van der Waals surface area contributed by atoms with E-state index >= 15 is 0 Å². The van der Waals surface area contributed by atoms with Crippen LogP contribution in [0.1, 0.15) is 38.6 Å². The number of primary amides is 1. The van der Waals surface area contributed by atoms with Crippen LogP contribution in [0.5, 0.6) is 0 Å². The number of nitrogens with two attached hydrogens (primary N) is 2. The number of rotatable bonds is 5. The molecule has 1 amide bonds. The highest BCUT2D eigenvalue weighted by atomic mass is 16.1. The number of aryl methyl sites for hydroxylation is 1. The third kappa shape index (κ3) is 2.70. The van der Waals surface area contributed by atoms with E-state index in [1.807, 2.05) is 25.1 Å². The number of carbonyl (C=O) groups excluding carboxylic acids is 1. The Bertz CT molecular complexity index is 603. The second-order valence-electron chi connectivity index (χ2n) is 4.92. The van der Waals surface area contributed by atoms with Crippen molar-refractivity contribution < 1.29 is 4.79 Å². The van der Waals surface area contributed by atoms with Gasteiger partial charge in [0.05, 0.1) is 11.0 Å². The van der Waals surface area contributed by atoms with Crippen molar-refractivity contribution >= 4 is 22.6 Å². The molecule has 102 valence electrons. The van der Waals surface area contributed by atoms with E-state index in [2.05, 4.69) is 16.5 Å². The number of hydrogen-bond acceptors (Lipinski definition) is 3. The van der Waals surface area contributed by atoms with Gasteiger partial charge >= 0.3 is 0 Å². The molecule has 0 saturated carbocycles. The second kappa shape index (κ2) is 5.30. The number of hydrogen-bond donors (Lipinski definition) is 2. The van der Waals surface area contributed by atoms with Crippen molar-refractivity contribution in [1.29, 1.82) is 0 Å². The zero-order valence-electron chi connectivity index (χ0n) is 11.4. The van der Waals surface area contributed by atoms with E-state index in [0.29, 0.717) is 12.1 Å². The lowest BCUT2D eigenvalue weighted by molar-refractivity contribution is -0.118. The molecular formula is C14H20N4O. The highest BCUT2D eigenvalue weighted by Gasteiger charge is 2.17. The molecule has 19 heavy (non-hydrogen) atoms. The van der Waals surface area contributed by atoms with Crippen molar-refractivity contribution in [3.8, 4) is 0 Å². The lowest BCUT2D eigenvalue weighted by atomic mass is 10.2. The minimum absolute atomic E-state index is 0.00711. The van der Waals surface area contributed by atoms with Gasteiger partial charge < -0.3 is 16.0 Å². The second-order valence-corrected chi connectivity index (χ2v) is 4.92. The zero-order valence-corrected chi connectivity index (χ0v) is 11.4. The van der Waals surface area contributed by atoms with Crippen LogP contribution in [0.2, 0.25) is 0 Å². The standard InChI is InChI=1S/C14H20N4O/c1-3-4-14-17-11-8-10(15)5-6-12(11)18(14)9(2)7-13(16)19/h5-6,8-9H,3-4,7,15H2,1-2H3,(H2,16,19). The van der Waals surface area contributed by atoms with Gasteiger partial charge in [-0.2, -0.15) is 0 Å². The Morgan fingerprint density at radius 1 is 1.47 bits per heavy atom. The largest absolute Gasteiger partial charge is 0.399 e. The molecule has 1 unspecified atom stereocenters. The van der Waals surface area contributed by atoms with Crippen LogP contribution in [0.3, 0.4) is 0 Å². The molecule has 0 aliphatic heterocycles. The maximum absolute atomic E-state index is 11.1. The molecule has 1 atom stereocenters. The first-order valence-corrected chi connectivity index (χ1v) is 6.57. The number of benzene rings is 1. The Morgan fingerprint density at radius 3 is 2.84 bits per heavy atom. The van der Waals surface area contributed by atoms with Crippen LogP contribution in [0.25, 0.3) is 11.0 Å². The molecule has 2 rings (SSSR count). The third-order valence-electron chi connectivity index (χ3n) is 3.20. The molecule has 5 nitrogen and oxygen atoms in total. The Kier molecular flexibility index (Phi) is 3.74. The Hall–Kier alpha value is -2.04. The number of nitrogens with zero attached hydrogens (tertiary/aromatic N) is 2. The predicted octanol–water partition coefficient (Wildman–Crippen LogP) is 2.01. The Labute approximate surface area is 112 Å². The summed E-state index contributed by atoms with van der Waals surface area (Å²) in [6, 6.07) is 5.68. The average molecular weight is 260 g/mol. The first-order chi connectivity index (χ1) is 9.02. The van der Waals surface area contributed by atoms with Gasteiger partial charge in [0, 0.05) is 24.6 Å². The summed E-state index contributed by atoms with van der Waals surface area (Å²) in [7, 11) is 0. The van der Waals surface area contributed by atoms with Gasteiger partial charge in [-0.05, 0) is 31.5 Å². The number of aromatic nitrogens is 2. The van der Waals surface area contributed by atoms with E-state index in [-0.39, 0.29) is 11.9 Å². The summed E-state index contributed by atoms with van der Waals surface area (Å²) in [4.78, 5) is 15.8. The van der Waals surface area contributed by atoms with Crippen LogP contribution >= 0.6 is 0 Å². The van der Waals surface area contributed by atoms with E-state index < -0.39 is 0 Å². The molecule has 1 heterocycles. The molecule has 5 heteroatoms. The fourth-order valence-electron chi connectivity index (χ4n) is 2.44. The molecule has 1 aromatic carbocycles. The van der Waals surface area contributed by atoms with Crippen molar-refractivity contribution in [2.45, 2.75) is 39.2 Å². The van der Waals surface area contributed by atoms with Gasteiger partial charge in [-0.15, -0.1) is 0 Å². The fourth-order valence-corrected chi connectivity index (χ4v) is 2.44. The van der Waals surface area contributed by atoms with Crippen LogP contribution in [0, 0.1) is 0 Å². The van der Waals surface area contributed by atoms with Crippen molar-refractivity contribution in [1.82, 2.24) is 9.55 Å². The highest BCUT2D eigenvalue weighted by Crippen LogP contribution is 2.25. The van der Waals surface area contributed by atoms with Crippen molar-refractivity contribution in [2.24, 2.45) is 5.73 Å². The first kappa shape index (κ1) is 13.4. The SMILES string of the molecule is CCCc1nc2cc(N)ccc2n1C(C)CC(N)=O. The maximum Gasteiger partial charge on any atom is 0.219 e. The summed E-state index contributed by atoms with van der Waals surface area (Å²) in [5, 5.41) is 0. The number of imidazole rings is 1. The van der Waals surface area contributed by atoms with Gasteiger partial charge in [0.15, 0.2) is 0 Å². The van der Waals surface area contributed by atoms with E-state index in [4.69, 9.17) is 11.5 Å². The van der Waals surface area contributed by atoms with Crippen LogP contribution in [-0.4, -0.2) is 15.5 Å². The topological polar surface area (TPSA) is 86.9 Å². The molecule has 0 aliphatic carbocycles. The maximum atomic E-state index is 11.1. The summed E-state index contributed by atoms with van der Waals surface area (Å²) in [5.74, 6) is 0.684. The summed E-state index contributed by atoms with van der Waals surface area (Å²) >= 11 is 0. The fraction of sp³-hybridized carbons (Fsp3) is 0.429. The molecule has 0 saturated heterocycles. The number of nitrogen functional groups attached to an aromatic ring is 1. The predicted molar refractivity (Wildman–Crippen MR) is 76.7 cm³/mol. The van der Waals surface area contributed by atoms with E-state index in [1.165, 1.54) is 0 Å². The van der Waals surface area contributed by atoms with Gasteiger partial charge in [0.1, 0.15) is 5.82 Å². The highest BCUT2D eigenvalue weighted by molar-refractivity contribution is 5.80. The molecule has 2 aromatic rings. The van der Waals surface area contributed by atoms with Crippen molar-refractivity contribution in [3.05, 3.63) is 24.0 Å². The number of fused-ring (bicyclic) bond motifs is 1. The van der Waals surface area contributed by atoms with Crippen LogP contribution in [0.15, 0.2) is 18.2 Å². The lowest BCUT2D eigenvalue weighted by Gasteiger charge is -2.16. The van der Waals surface area contributed by atoms with Crippen LogP contribution in [-0.2, 0) is 11.2 Å². The third-order valence-corrected chi connectivity index (χ3v) is 3.20. The molecule has 0 radical (unpaired) electrons. The zero-order chi connectivity index (χ0) is 14.0. The van der Waals surface area contributed by atoms with Crippen molar-refractivity contribution in [2.75, 3.05) is 5.73 Å². The lowest BCUT2D eigenvalue weighted by Crippen LogP contribution is -2.18. The van der Waals surface area contributed by atoms with Crippen LogP contribution < -0.4 is 11.5 Å².